The maximum Gasteiger partial charge on any atom is 0.416 e. The van der Waals surface area contributed by atoms with Crippen LogP contribution in [-0.4, -0.2) is 18.7 Å². The molecular formula is C15H22F3NO. The van der Waals surface area contributed by atoms with Gasteiger partial charge in [0.05, 0.1) is 12.2 Å². The van der Waals surface area contributed by atoms with Crippen LogP contribution < -0.4 is 10.1 Å². The first kappa shape index (κ1) is 16.8. The van der Waals surface area contributed by atoms with Crippen LogP contribution in [0.4, 0.5) is 13.2 Å². The van der Waals surface area contributed by atoms with Crippen molar-refractivity contribution in [1.82, 2.24) is 5.32 Å². The normalized spacial score (nSPS) is 12.5. The van der Waals surface area contributed by atoms with Crippen molar-refractivity contribution in [3.8, 4) is 5.75 Å². The number of ether oxygens (including phenoxy) is 1. The molecule has 0 bridgehead atoms. The summed E-state index contributed by atoms with van der Waals surface area (Å²) in [6.45, 7) is 7.72. The number of hydrogen-bond donors (Lipinski definition) is 1. The highest BCUT2D eigenvalue weighted by Gasteiger charge is 2.29. The van der Waals surface area contributed by atoms with Crippen molar-refractivity contribution in [2.75, 3.05) is 13.2 Å². The van der Waals surface area contributed by atoms with Gasteiger partial charge in [-0.1, -0.05) is 0 Å². The Morgan fingerprint density at radius 1 is 1.00 bits per heavy atom. The summed E-state index contributed by atoms with van der Waals surface area (Å²) < 4.78 is 42.5. The monoisotopic (exact) mass is 289 g/mol. The fraction of sp³-hybridized carbons (Fsp3) is 0.600. The molecule has 0 saturated heterocycles. The molecule has 1 aromatic carbocycles. The predicted octanol–water partition coefficient (Wildman–Crippen LogP) is 4.25. The topological polar surface area (TPSA) is 21.3 Å². The van der Waals surface area contributed by atoms with Crippen LogP contribution in [-0.2, 0) is 6.18 Å². The maximum atomic E-state index is 12.4. The smallest absolute Gasteiger partial charge is 0.416 e. The second-order valence-corrected chi connectivity index (χ2v) is 5.75. The van der Waals surface area contributed by atoms with E-state index in [2.05, 4.69) is 26.1 Å². The number of unbranched alkanes of at least 4 members (excludes halogenated alkanes) is 1. The van der Waals surface area contributed by atoms with E-state index in [1.165, 1.54) is 12.1 Å². The lowest BCUT2D eigenvalue weighted by Crippen LogP contribution is -2.36. The summed E-state index contributed by atoms with van der Waals surface area (Å²) >= 11 is 0. The van der Waals surface area contributed by atoms with Crippen LogP contribution >= 0.6 is 0 Å². The number of alkyl halides is 3. The van der Waals surface area contributed by atoms with Gasteiger partial charge in [-0.05, 0) is 64.4 Å². The molecule has 0 spiro atoms. The van der Waals surface area contributed by atoms with Crippen molar-refractivity contribution in [3.05, 3.63) is 29.8 Å². The Kier molecular flexibility index (Phi) is 5.87. The van der Waals surface area contributed by atoms with Crippen molar-refractivity contribution in [2.45, 2.75) is 45.3 Å². The molecule has 114 valence electrons. The van der Waals surface area contributed by atoms with Crippen LogP contribution in [0.3, 0.4) is 0 Å². The van der Waals surface area contributed by atoms with Gasteiger partial charge in [0.15, 0.2) is 0 Å². The van der Waals surface area contributed by atoms with Crippen molar-refractivity contribution in [1.29, 1.82) is 0 Å². The third kappa shape index (κ3) is 6.80. The van der Waals surface area contributed by atoms with E-state index in [1.807, 2.05) is 0 Å². The van der Waals surface area contributed by atoms with Crippen LogP contribution in [0.2, 0.25) is 0 Å². The first-order valence-corrected chi connectivity index (χ1v) is 6.73. The molecule has 2 nitrogen and oxygen atoms in total. The third-order valence-electron chi connectivity index (χ3n) is 2.68. The molecule has 0 amide bonds. The molecule has 1 aromatic rings. The Balaban J connectivity index is 2.23. The fourth-order valence-electron chi connectivity index (χ4n) is 1.62. The number of hydrogen-bond acceptors (Lipinski definition) is 2. The average Bonchev–Trinajstić information content (AvgIpc) is 2.32. The highest BCUT2D eigenvalue weighted by molar-refractivity contribution is 5.28. The Morgan fingerprint density at radius 2 is 1.60 bits per heavy atom. The molecule has 0 aromatic heterocycles. The van der Waals surface area contributed by atoms with E-state index in [0.717, 1.165) is 31.5 Å². The SMILES string of the molecule is CC(C)(C)NCCCCOc1ccc(C(F)(F)F)cc1. The molecule has 0 aliphatic rings. The molecule has 0 saturated carbocycles. The first-order chi connectivity index (χ1) is 9.18. The van der Waals surface area contributed by atoms with Gasteiger partial charge < -0.3 is 10.1 Å². The quantitative estimate of drug-likeness (QED) is 0.790. The lowest BCUT2D eigenvalue weighted by atomic mass is 10.1. The highest BCUT2D eigenvalue weighted by Crippen LogP contribution is 2.30. The largest absolute Gasteiger partial charge is 0.494 e. The molecule has 20 heavy (non-hydrogen) atoms. The van der Waals surface area contributed by atoms with E-state index >= 15 is 0 Å². The van der Waals surface area contributed by atoms with Gasteiger partial charge in [-0.15, -0.1) is 0 Å². The van der Waals surface area contributed by atoms with Crippen LogP contribution in [0.15, 0.2) is 24.3 Å². The van der Waals surface area contributed by atoms with Crippen LogP contribution in [0, 0.1) is 0 Å². The summed E-state index contributed by atoms with van der Waals surface area (Å²) in [5.74, 6) is 0.474. The van der Waals surface area contributed by atoms with Gasteiger partial charge in [0, 0.05) is 5.54 Å². The molecule has 0 radical (unpaired) electrons. The summed E-state index contributed by atoms with van der Waals surface area (Å²) in [7, 11) is 0. The zero-order valence-corrected chi connectivity index (χ0v) is 12.2. The lowest BCUT2D eigenvalue weighted by Gasteiger charge is -2.20. The molecule has 0 unspecified atom stereocenters. The molecule has 0 fully saturated rings. The van der Waals surface area contributed by atoms with Gasteiger partial charge >= 0.3 is 6.18 Å². The molecular weight excluding hydrogens is 267 g/mol. The van der Waals surface area contributed by atoms with Gasteiger partial charge in [-0.3, -0.25) is 0 Å². The second kappa shape index (κ2) is 6.97. The summed E-state index contributed by atoms with van der Waals surface area (Å²) in [6.07, 6.45) is -2.46. The second-order valence-electron chi connectivity index (χ2n) is 5.75. The van der Waals surface area contributed by atoms with Crippen molar-refractivity contribution >= 4 is 0 Å². The minimum atomic E-state index is -4.29. The average molecular weight is 289 g/mol. The molecule has 0 heterocycles. The van der Waals surface area contributed by atoms with Crippen LogP contribution in [0.25, 0.3) is 0 Å². The summed E-state index contributed by atoms with van der Waals surface area (Å²) in [5, 5.41) is 3.36. The Bertz CT molecular complexity index is 393. The Morgan fingerprint density at radius 3 is 2.10 bits per heavy atom. The third-order valence-corrected chi connectivity index (χ3v) is 2.68. The number of halogens is 3. The minimum absolute atomic E-state index is 0.105. The van der Waals surface area contributed by atoms with Crippen LogP contribution in [0.5, 0.6) is 5.75 Å². The van der Waals surface area contributed by atoms with Gasteiger partial charge in [0.25, 0.3) is 0 Å². The van der Waals surface area contributed by atoms with Gasteiger partial charge in [-0.2, -0.15) is 13.2 Å². The molecule has 1 N–H and O–H groups in total. The predicted molar refractivity (Wildman–Crippen MR) is 73.9 cm³/mol. The number of rotatable bonds is 6. The first-order valence-electron chi connectivity index (χ1n) is 6.73. The van der Waals surface area contributed by atoms with Gasteiger partial charge in [0.1, 0.15) is 5.75 Å². The zero-order valence-electron chi connectivity index (χ0n) is 12.2. The number of benzene rings is 1. The van der Waals surface area contributed by atoms with E-state index in [4.69, 9.17) is 4.74 Å². The zero-order chi connectivity index (χ0) is 15.2. The molecule has 5 heteroatoms. The summed E-state index contributed by atoms with van der Waals surface area (Å²) in [4.78, 5) is 0. The highest BCUT2D eigenvalue weighted by atomic mass is 19.4. The van der Waals surface area contributed by atoms with E-state index in [9.17, 15) is 13.2 Å². The maximum absolute atomic E-state index is 12.4. The van der Waals surface area contributed by atoms with E-state index in [0.29, 0.717) is 12.4 Å². The van der Waals surface area contributed by atoms with Crippen molar-refractivity contribution < 1.29 is 17.9 Å². The summed E-state index contributed by atoms with van der Waals surface area (Å²) in [5.41, 5.74) is -0.548. The van der Waals surface area contributed by atoms with Crippen molar-refractivity contribution in [2.24, 2.45) is 0 Å². The van der Waals surface area contributed by atoms with Crippen molar-refractivity contribution in [3.63, 3.8) is 0 Å². The number of nitrogens with one attached hydrogen (secondary N) is 1. The minimum Gasteiger partial charge on any atom is -0.494 e. The molecule has 1 rings (SSSR count). The lowest BCUT2D eigenvalue weighted by molar-refractivity contribution is -0.137. The molecule has 0 aliphatic carbocycles. The Labute approximate surface area is 118 Å². The molecule has 0 atom stereocenters. The standard InChI is InChI=1S/C15H22F3NO/c1-14(2,3)19-10-4-5-11-20-13-8-6-12(7-9-13)15(16,17)18/h6-9,19H,4-5,10-11H2,1-3H3. The van der Waals surface area contributed by atoms with E-state index < -0.39 is 11.7 Å². The molecule has 0 aliphatic heterocycles. The van der Waals surface area contributed by atoms with Gasteiger partial charge in [-0.25, -0.2) is 0 Å². The Hall–Kier alpha value is -1.23. The van der Waals surface area contributed by atoms with Crippen LogP contribution in [0.1, 0.15) is 39.2 Å². The summed E-state index contributed by atoms with van der Waals surface area (Å²) in [6, 6.07) is 4.79. The van der Waals surface area contributed by atoms with Gasteiger partial charge in [0.2, 0.25) is 0 Å². The van der Waals surface area contributed by atoms with E-state index in [1.54, 1.807) is 0 Å². The fourth-order valence-corrected chi connectivity index (χ4v) is 1.62. The van der Waals surface area contributed by atoms with E-state index in [-0.39, 0.29) is 5.54 Å².